The van der Waals surface area contributed by atoms with Crippen LogP contribution >= 0.6 is 0 Å². The number of hydrogen-bond donors (Lipinski definition) is 2. The summed E-state index contributed by atoms with van der Waals surface area (Å²) in [4.78, 5) is 12.4. The fourth-order valence-electron chi connectivity index (χ4n) is 2.24. The summed E-state index contributed by atoms with van der Waals surface area (Å²) >= 11 is 0. The van der Waals surface area contributed by atoms with Crippen LogP contribution in [0.25, 0.3) is 0 Å². The van der Waals surface area contributed by atoms with Crippen LogP contribution in [0.2, 0.25) is 0 Å². The van der Waals surface area contributed by atoms with Gasteiger partial charge in [-0.2, -0.15) is 0 Å². The van der Waals surface area contributed by atoms with Crippen LogP contribution < -0.4 is 20.1 Å². The second-order valence-electron chi connectivity index (χ2n) is 5.46. The van der Waals surface area contributed by atoms with Crippen molar-refractivity contribution >= 4 is 17.4 Å². The van der Waals surface area contributed by atoms with Crippen molar-refractivity contribution in [3.05, 3.63) is 36.0 Å². The number of aromatic nitrogens is 2. The third-order valence-electron chi connectivity index (χ3n) is 3.64. The number of benzene rings is 1. The van der Waals surface area contributed by atoms with E-state index >= 15 is 0 Å². The van der Waals surface area contributed by atoms with E-state index in [1.54, 1.807) is 37.4 Å². The summed E-state index contributed by atoms with van der Waals surface area (Å²) in [5.41, 5.74) is 0.736. The van der Waals surface area contributed by atoms with Crippen molar-refractivity contribution in [1.29, 1.82) is 0 Å². The average Bonchev–Trinajstić information content (AvgIpc) is 2.65. The summed E-state index contributed by atoms with van der Waals surface area (Å²) in [6, 6.07) is 8.55. The molecule has 2 N–H and O–H groups in total. The number of unbranched alkanes of at least 4 members (excludes halogenated alkanes) is 2. The van der Waals surface area contributed by atoms with Crippen molar-refractivity contribution in [2.45, 2.75) is 26.2 Å². The molecule has 0 spiro atoms. The molecule has 134 valence electrons. The van der Waals surface area contributed by atoms with E-state index in [0.717, 1.165) is 13.0 Å². The van der Waals surface area contributed by atoms with Gasteiger partial charge < -0.3 is 20.1 Å². The van der Waals surface area contributed by atoms with Crippen LogP contribution in [0.15, 0.2) is 30.3 Å². The smallest absolute Gasteiger partial charge is 0.276 e. The Morgan fingerprint density at radius 1 is 1.08 bits per heavy atom. The van der Waals surface area contributed by atoms with E-state index < -0.39 is 0 Å². The number of nitrogens with one attached hydrogen (secondary N) is 2. The van der Waals surface area contributed by atoms with Crippen LogP contribution in [-0.4, -0.2) is 36.9 Å². The highest BCUT2D eigenvalue weighted by atomic mass is 16.5. The molecule has 7 heteroatoms. The normalized spacial score (nSPS) is 10.2. The molecular formula is C18H24N4O3. The first-order chi connectivity index (χ1) is 12.2. The maximum absolute atomic E-state index is 12.4. The SMILES string of the molecule is CCCCCNc1ccc(C(=O)Nc2cc(OC)ccc2OC)nn1. The molecule has 0 saturated heterocycles. The first-order valence-electron chi connectivity index (χ1n) is 8.29. The number of carbonyl (C=O) groups excluding carboxylic acids is 1. The maximum atomic E-state index is 12.4. The quantitative estimate of drug-likeness (QED) is 0.679. The molecule has 25 heavy (non-hydrogen) atoms. The molecule has 0 fully saturated rings. The van der Waals surface area contributed by atoms with E-state index in [9.17, 15) is 4.79 Å². The summed E-state index contributed by atoms with van der Waals surface area (Å²) in [5.74, 6) is 1.45. The van der Waals surface area contributed by atoms with E-state index in [1.165, 1.54) is 20.0 Å². The number of methoxy groups -OCH3 is 2. The molecule has 0 aliphatic heterocycles. The van der Waals surface area contributed by atoms with E-state index in [0.29, 0.717) is 23.0 Å². The van der Waals surface area contributed by atoms with Gasteiger partial charge >= 0.3 is 0 Å². The molecular weight excluding hydrogens is 320 g/mol. The lowest BCUT2D eigenvalue weighted by Gasteiger charge is -2.11. The van der Waals surface area contributed by atoms with Gasteiger partial charge in [0.1, 0.15) is 17.3 Å². The van der Waals surface area contributed by atoms with Crippen LogP contribution in [-0.2, 0) is 0 Å². The molecule has 7 nitrogen and oxygen atoms in total. The van der Waals surface area contributed by atoms with Gasteiger partial charge in [0.05, 0.1) is 19.9 Å². The number of hydrogen-bond acceptors (Lipinski definition) is 6. The number of amides is 1. The second kappa shape index (κ2) is 9.46. The Morgan fingerprint density at radius 3 is 2.56 bits per heavy atom. The van der Waals surface area contributed by atoms with Crippen LogP contribution in [0.4, 0.5) is 11.5 Å². The highest BCUT2D eigenvalue weighted by molar-refractivity contribution is 6.03. The average molecular weight is 344 g/mol. The predicted molar refractivity (Wildman–Crippen MR) is 97.5 cm³/mol. The monoisotopic (exact) mass is 344 g/mol. The van der Waals surface area contributed by atoms with Gasteiger partial charge in [-0.05, 0) is 30.7 Å². The first kappa shape index (κ1) is 18.5. The minimum atomic E-state index is -0.364. The molecule has 1 aromatic heterocycles. The summed E-state index contributed by atoms with van der Waals surface area (Å²) in [7, 11) is 3.10. The van der Waals surface area contributed by atoms with Gasteiger partial charge in [-0.3, -0.25) is 4.79 Å². The fraction of sp³-hybridized carbons (Fsp3) is 0.389. The minimum absolute atomic E-state index is 0.226. The molecule has 0 aliphatic carbocycles. The van der Waals surface area contributed by atoms with E-state index in [4.69, 9.17) is 9.47 Å². The zero-order chi connectivity index (χ0) is 18.1. The maximum Gasteiger partial charge on any atom is 0.276 e. The lowest BCUT2D eigenvalue weighted by atomic mass is 10.2. The zero-order valence-corrected chi connectivity index (χ0v) is 14.8. The van der Waals surface area contributed by atoms with Crippen molar-refractivity contribution in [3.8, 4) is 11.5 Å². The van der Waals surface area contributed by atoms with E-state index in [2.05, 4.69) is 27.8 Å². The molecule has 1 heterocycles. The summed E-state index contributed by atoms with van der Waals surface area (Å²) in [5, 5.41) is 14.0. The van der Waals surface area contributed by atoms with E-state index in [-0.39, 0.29) is 11.6 Å². The van der Waals surface area contributed by atoms with Crippen LogP contribution in [0.5, 0.6) is 11.5 Å². The molecule has 0 saturated carbocycles. The van der Waals surface area contributed by atoms with Crippen LogP contribution in [0.3, 0.4) is 0 Å². The van der Waals surface area contributed by atoms with Gasteiger partial charge in [-0.1, -0.05) is 19.8 Å². The summed E-state index contributed by atoms with van der Waals surface area (Å²) in [6.45, 7) is 3.00. The van der Waals surface area contributed by atoms with Crippen LogP contribution in [0.1, 0.15) is 36.7 Å². The molecule has 0 atom stereocenters. The Labute approximate surface area is 147 Å². The zero-order valence-electron chi connectivity index (χ0n) is 14.8. The Morgan fingerprint density at radius 2 is 1.92 bits per heavy atom. The molecule has 0 bridgehead atoms. The molecule has 2 rings (SSSR count). The molecule has 1 amide bonds. The van der Waals surface area contributed by atoms with Crippen molar-refractivity contribution in [1.82, 2.24) is 10.2 Å². The minimum Gasteiger partial charge on any atom is -0.497 e. The number of ether oxygens (including phenoxy) is 2. The highest BCUT2D eigenvalue weighted by Crippen LogP contribution is 2.29. The number of nitrogens with zero attached hydrogens (tertiary/aromatic N) is 2. The third-order valence-corrected chi connectivity index (χ3v) is 3.64. The van der Waals surface area contributed by atoms with Crippen molar-refractivity contribution < 1.29 is 14.3 Å². The standard InChI is InChI=1S/C18H24N4O3/c1-4-5-6-11-19-17-10-8-14(21-22-17)18(23)20-15-12-13(24-2)7-9-16(15)25-3/h7-10,12H,4-6,11H2,1-3H3,(H,19,22)(H,20,23). The lowest BCUT2D eigenvalue weighted by Crippen LogP contribution is -2.15. The number of anilines is 2. The van der Waals surface area contributed by atoms with E-state index in [1.807, 2.05) is 0 Å². The Bertz CT molecular complexity index is 689. The summed E-state index contributed by atoms with van der Waals surface area (Å²) < 4.78 is 10.4. The topological polar surface area (TPSA) is 85.4 Å². The van der Waals surface area contributed by atoms with Gasteiger partial charge in [0.15, 0.2) is 5.69 Å². The Balaban J connectivity index is 2.01. The second-order valence-corrected chi connectivity index (χ2v) is 5.46. The predicted octanol–water partition coefficient (Wildman–Crippen LogP) is 3.35. The van der Waals surface area contributed by atoms with Gasteiger partial charge in [-0.25, -0.2) is 0 Å². The number of rotatable bonds is 9. The first-order valence-corrected chi connectivity index (χ1v) is 8.29. The largest absolute Gasteiger partial charge is 0.497 e. The fourth-order valence-corrected chi connectivity index (χ4v) is 2.24. The van der Waals surface area contributed by atoms with Crippen molar-refractivity contribution in [3.63, 3.8) is 0 Å². The van der Waals surface area contributed by atoms with Gasteiger partial charge in [0, 0.05) is 12.6 Å². The van der Waals surface area contributed by atoms with Gasteiger partial charge in [0.2, 0.25) is 0 Å². The summed E-state index contributed by atoms with van der Waals surface area (Å²) in [6.07, 6.45) is 3.42. The molecule has 0 radical (unpaired) electrons. The van der Waals surface area contributed by atoms with Gasteiger partial charge in [0.25, 0.3) is 5.91 Å². The number of carbonyl (C=O) groups is 1. The lowest BCUT2D eigenvalue weighted by molar-refractivity contribution is 0.102. The Kier molecular flexibility index (Phi) is 7.00. The molecule has 0 unspecified atom stereocenters. The molecule has 1 aromatic carbocycles. The Hall–Kier alpha value is -2.83. The highest BCUT2D eigenvalue weighted by Gasteiger charge is 2.12. The van der Waals surface area contributed by atoms with Crippen LogP contribution in [0, 0.1) is 0 Å². The van der Waals surface area contributed by atoms with Gasteiger partial charge in [-0.15, -0.1) is 10.2 Å². The third kappa shape index (κ3) is 5.34. The molecule has 2 aromatic rings. The molecule has 0 aliphatic rings. The van der Waals surface area contributed by atoms with Crippen molar-refractivity contribution in [2.75, 3.05) is 31.4 Å². The van der Waals surface area contributed by atoms with Crippen molar-refractivity contribution in [2.24, 2.45) is 0 Å².